The van der Waals surface area contributed by atoms with Gasteiger partial charge in [0.25, 0.3) is 0 Å². The van der Waals surface area contributed by atoms with Crippen LogP contribution in [0.5, 0.6) is 5.75 Å². The summed E-state index contributed by atoms with van der Waals surface area (Å²) < 4.78 is 6.61. The number of carbonyl (C=O) groups is 1. The van der Waals surface area contributed by atoms with Gasteiger partial charge >= 0.3 is 5.97 Å². The molecule has 6 nitrogen and oxygen atoms in total. The molecule has 22 heavy (non-hydrogen) atoms. The number of carboxylic acid groups (broad SMARTS) is 1. The van der Waals surface area contributed by atoms with E-state index in [1.165, 1.54) is 4.68 Å². The van der Waals surface area contributed by atoms with Crippen LogP contribution in [0, 0.1) is 5.92 Å². The Morgan fingerprint density at radius 2 is 2.23 bits per heavy atom. The van der Waals surface area contributed by atoms with E-state index in [9.17, 15) is 9.90 Å². The predicted octanol–water partition coefficient (Wildman–Crippen LogP) is 2.86. The molecule has 1 heterocycles. The summed E-state index contributed by atoms with van der Waals surface area (Å²) in [4.78, 5) is 12.4. The number of aliphatic carboxylic acids is 1. The second-order valence-electron chi connectivity index (χ2n) is 5.18. The minimum atomic E-state index is -0.896. The van der Waals surface area contributed by atoms with E-state index in [-0.39, 0.29) is 5.92 Å². The predicted molar refractivity (Wildman–Crippen MR) is 84.1 cm³/mol. The van der Waals surface area contributed by atoms with Gasteiger partial charge in [-0.3, -0.25) is 0 Å². The van der Waals surface area contributed by atoms with Gasteiger partial charge in [0, 0.05) is 10.6 Å². The second kappa shape index (κ2) is 7.31. The van der Waals surface area contributed by atoms with Crippen LogP contribution >= 0.6 is 11.8 Å². The fourth-order valence-corrected chi connectivity index (χ4v) is 2.89. The number of ether oxygens (including phenoxy) is 1. The van der Waals surface area contributed by atoms with Crippen LogP contribution in [0.3, 0.4) is 0 Å². The molecular weight excluding hydrogens is 302 g/mol. The maximum atomic E-state index is 11.3. The molecule has 0 aliphatic carbocycles. The quantitative estimate of drug-likeness (QED) is 0.790. The van der Waals surface area contributed by atoms with Gasteiger partial charge in [0.1, 0.15) is 5.75 Å². The van der Waals surface area contributed by atoms with Crippen LogP contribution in [0.2, 0.25) is 0 Å². The maximum absolute atomic E-state index is 11.3. The summed E-state index contributed by atoms with van der Waals surface area (Å²) in [5.41, 5.74) is 0.750. The van der Waals surface area contributed by atoms with Crippen LogP contribution in [0.25, 0.3) is 0 Å². The van der Waals surface area contributed by atoms with Gasteiger partial charge in [-0.2, -0.15) is 0 Å². The number of hydrogen-bond acceptors (Lipinski definition) is 5. The zero-order valence-corrected chi connectivity index (χ0v) is 13.6. The zero-order valence-electron chi connectivity index (χ0n) is 12.8. The molecule has 1 atom stereocenters. The van der Waals surface area contributed by atoms with Crippen molar-refractivity contribution in [1.29, 1.82) is 0 Å². The van der Waals surface area contributed by atoms with E-state index >= 15 is 0 Å². The minimum absolute atomic E-state index is 0.0573. The van der Waals surface area contributed by atoms with E-state index < -0.39 is 12.0 Å². The molecule has 0 radical (unpaired) electrons. The number of benzene rings is 1. The first-order valence-corrected chi connectivity index (χ1v) is 7.90. The molecule has 7 heteroatoms. The summed E-state index contributed by atoms with van der Waals surface area (Å²) in [6, 6.07) is 7.07. The first-order valence-electron chi connectivity index (χ1n) is 6.91. The van der Waals surface area contributed by atoms with Crippen molar-refractivity contribution in [2.45, 2.75) is 30.5 Å². The Hall–Kier alpha value is -2.02. The van der Waals surface area contributed by atoms with E-state index in [1.807, 2.05) is 38.1 Å². The zero-order chi connectivity index (χ0) is 16.1. The van der Waals surface area contributed by atoms with Crippen molar-refractivity contribution in [3.05, 3.63) is 36.2 Å². The summed E-state index contributed by atoms with van der Waals surface area (Å²) in [5, 5.41) is 17.3. The van der Waals surface area contributed by atoms with Crippen molar-refractivity contribution in [2.75, 3.05) is 7.11 Å². The molecule has 0 aliphatic rings. The summed E-state index contributed by atoms with van der Waals surface area (Å²) in [7, 11) is 1.63. The van der Waals surface area contributed by atoms with Crippen LogP contribution in [0.1, 0.15) is 25.6 Å². The van der Waals surface area contributed by atoms with Gasteiger partial charge in [0.2, 0.25) is 0 Å². The molecule has 2 aromatic rings. The summed E-state index contributed by atoms with van der Waals surface area (Å²) in [6.07, 6.45) is 1.70. The molecule has 0 unspecified atom stereocenters. The molecule has 0 fully saturated rings. The number of rotatable bonds is 7. The minimum Gasteiger partial charge on any atom is -0.497 e. The highest BCUT2D eigenvalue weighted by atomic mass is 32.2. The lowest BCUT2D eigenvalue weighted by Crippen LogP contribution is -2.24. The fraction of sp³-hybridized carbons (Fsp3) is 0.400. The highest BCUT2D eigenvalue weighted by Gasteiger charge is 2.24. The number of thioether (sulfide) groups is 1. The summed E-state index contributed by atoms with van der Waals surface area (Å²) in [6.45, 7) is 3.70. The Labute approximate surface area is 133 Å². The van der Waals surface area contributed by atoms with Gasteiger partial charge in [-0.25, -0.2) is 9.48 Å². The Balaban J connectivity index is 2.04. The Bertz CT molecular complexity index is 642. The number of carboxylic acids is 1. The molecule has 0 spiro atoms. The van der Waals surface area contributed by atoms with Crippen LogP contribution in [0.15, 0.2) is 35.4 Å². The Morgan fingerprint density at radius 3 is 2.86 bits per heavy atom. The molecule has 1 aromatic heterocycles. The summed E-state index contributed by atoms with van der Waals surface area (Å²) in [5.74, 6) is 0.474. The monoisotopic (exact) mass is 321 g/mol. The van der Waals surface area contributed by atoms with Gasteiger partial charge in [-0.15, -0.1) is 16.9 Å². The van der Waals surface area contributed by atoms with E-state index in [1.54, 1.807) is 25.1 Å². The van der Waals surface area contributed by atoms with Gasteiger partial charge in [-0.05, 0) is 24.1 Å². The first kappa shape index (κ1) is 16.4. The molecule has 2 rings (SSSR count). The van der Waals surface area contributed by atoms with E-state index in [4.69, 9.17) is 4.74 Å². The van der Waals surface area contributed by atoms with Crippen molar-refractivity contribution in [1.82, 2.24) is 15.0 Å². The highest BCUT2D eigenvalue weighted by Crippen LogP contribution is 2.26. The molecule has 0 saturated heterocycles. The number of hydrogen-bond donors (Lipinski definition) is 1. The molecule has 0 bridgehead atoms. The normalized spacial score (nSPS) is 12.4. The van der Waals surface area contributed by atoms with Crippen molar-refractivity contribution in [3.8, 4) is 5.75 Å². The van der Waals surface area contributed by atoms with E-state index in [2.05, 4.69) is 10.3 Å². The number of aromatic nitrogens is 3. The third-order valence-corrected chi connectivity index (χ3v) is 4.18. The lowest BCUT2D eigenvalue weighted by atomic mass is 10.1. The Morgan fingerprint density at radius 1 is 1.45 bits per heavy atom. The number of nitrogens with zero attached hydrogens (tertiary/aromatic N) is 3. The van der Waals surface area contributed by atoms with Crippen LogP contribution < -0.4 is 4.74 Å². The third-order valence-electron chi connectivity index (χ3n) is 3.16. The molecule has 0 amide bonds. The first-order chi connectivity index (χ1) is 10.5. The highest BCUT2D eigenvalue weighted by molar-refractivity contribution is 7.98. The average molecular weight is 321 g/mol. The van der Waals surface area contributed by atoms with Gasteiger partial charge in [0.15, 0.2) is 6.04 Å². The van der Waals surface area contributed by atoms with Crippen LogP contribution in [-0.4, -0.2) is 33.2 Å². The second-order valence-corrected chi connectivity index (χ2v) is 6.23. The smallest absolute Gasteiger partial charge is 0.328 e. The van der Waals surface area contributed by atoms with Crippen LogP contribution in [-0.2, 0) is 10.5 Å². The summed E-state index contributed by atoms with van der Waals surface area (Å²) >= 11 is 1.60. The van der Waals surface area contributed by atoms with Crippen molar-refractivity contribution in [2.24, 2.45) is 5.92 Å². The lowest BCUT2D eigenvalue weighted by molar-refractivity contribution is -0.142. The standard InChI is InChI=1S/C15H19N3O3S/c1-10(2)14(15(19)20)18-8-11(16-17-18)9-22-13-6-4-5-12(7-13)21-3/h4-8,10,14H,9H2,1-3H3,(H,19,20)/t14-/m1/s1. The molecule has 118 valence electrons. The van der Waals surface area contributed by atoms with Crippen molar-refractivity contribution >= 4 is 17.7 Å². The lowest BCUT2D eigenvalue weighted by Gasteiger charge is -2.15. The third kappa shape index (κ3) is 4.00. The SMILES string of the molecule is COc1cccc(SCc2cn([C@@H](C(=O)O)C(C)C)nn2)c1. The maximum Gasteiger partial charge on any atom is 0.328 e. The van der Waals surface area contributed by atoms with E-state index in [0.717, 1.165) is 16.3 Å². The Kier molecular flexibility index (Phi) is 5.43. The molecule has 1 N–H and O–H groups in total. The van der Waals surface area contributed by atoms with E-state index in [0.29, 0.717) is 5.75 Å². The van der Waals surface area contributed by atoms with Crippen molar-refractivity contribution in [3.63, 3.8) is 0 Å². The topological polar surface area (TPSA) is 77.2 Å². The average Bonchev–Trinajstić information content (AvgIpc) is 2.93. The van der Waals surface area contributed by atoms with Gasteiger partial charge < -0.3 is 9.84 Å². The molecule has 0 aliphatic heterocycles. The molecular formula is C15H19N3O3S. The van der Waals surface area contributed by atoms with Crippen molar-refractivity contribution < 1.29 is 14.6 Å². The van der Waals surface area contributed by atoms with Gasteiger partial charge in [0.05, 0.1) is 19.0 Å². The largest absolute Gasteiger partial charge is 0.497 e. The molecule has 0 saturated carbocycles. The fourth-order valence-electron chi connectivity index (χ4n) is 2.07. The van der Waals surface area contributed by atoms with Gasteiger partial charge in [-0.1, -0.05) is 25.1 Å². The molecule has 1 aromatic carbocycles. The number of methoxy groups -OCH3 is 1. The van der Waals surface area contributed by atoms with Crippen LogP contribution in [0.4, 0.5) is 0 Å².